The van der Waals surface area contributed by atoms with Crippen LogP contribution in [0.2, 0.25) is 5.02 Å². The summed E-state index contributed by atoms with van der Waals surface area (Å²) in [6.07, 6.45) is 1.63. The molecule has 0 spiro atoms. The van der Waals surface area contributed by atoms with Crippen molar-refractivity contribution in [3.05, 3.63) is 111 Å². The molecule has 1 aliphatic rings. The highest BCUT2D eigenvalue weighted by Gasteiger charge is 2.34. The van der Waals surface area contributed by atoms with E-state index in [-0.39, 0.29) is 5.70 Å². The first-order valence-corrected chi connectivity index (χ1v) is 11.7. The van der Waals surface area contributed by atoms with E-state index in [1.807, 2.05) is 36.4 Å². The number of fused-ring (bicyclic) bond motifs is 1. The summed E-state index contributed by atoms with van der Waals surface area (Å²) in [5.41, 5.74) is 2.43. The van der Waals surface area contributed by atoms with Gasteiger partial charge in [-0.1, -0.05) is 66.2 Å². The third-order valence-corrected chi connectivity index (χ3v) is 6.33. The van der Waals surface area contributed by atoms with Gasteiger partial charge in [0.05, 0.1) is 10.2 Å². The van der Waals surface area contributed by atoms with Gasteiger partial charge in [-0.3, -0.25) is 4.79 Å². The Bertz CT molecular complexity index is 1460. The molecule has 0 saturated carbocycles. The summed E-state index contributed by atoms with van der Waals surface area (Å²) in [4.78, 5) is 26.3. The zero-order chi connectivity index (χ0) is 23.7. The van der Waals surface area contributed by atoms with Crippen molar-refractivity contribution in [3.63, 3.8) is 0 Å². The van der Waals surface area contributed by atoms with Gasteiger partial charge in [0.1, 0.15) is 18.1 Å². The van der Waals surface area contributed by atoms with Crippen LogP contribution in [0.3, 0.4) is 0 Å². The number of hydrogen-bond acceptors (Lipinski definition) is 3. The molecule has 4 aromatic rings. The van der Waals surface area contributed by atoms with Crippen molar-refractivity contribution in [1.29, 1.82) is 0 Å². The van der Waals surface area contributed by atoms with Gasteiger partial charge >= 0.3 is 6.03 Å². The van der Waals surface area contributed by atoms with Crippen LogP contribution in [0.25, 0.3) is 16.8 Å². The fourth-order valence-electron chi connectivity index (χ4n) is 3.85. The second kappa shape index (κ2) is 9.33. The number of nitrogens with one attached hydrogen (secondary N) is 1. The maximum absolute atomic E-state index is 12.8. The van der Waals surface area contributed by atoms with Gasteiger partial charge in [-0.2, -0.15) is 0 Å². The van der Waals surface area contributed by atoms with Crippen LogP contribution in [0.15, 0.2) is 95.1 Å². The monoisotopic (exact) mass is 532 g/mol. The Morgan fingerprint density at radius 1 is 0.941 bits per heavy atom. The van der Waals surface area contributed by atoms with Gasteiger partial charge < -0.3 is 10.1 Å². The predicted molar refractivity (Wildman–Crippen MR) is 138 cm³/mol. The maximum Gasteiger partial charge on any atom is 0.333 e. The number of amides is 3. The smallest absolute Gasteiger partial charge is 0.333 e. The van der Waals surface area contributed by atoms with Crippen LogP contribution in [-0.4, -0.2) is 11.9 Å². The van der Waals surface area contributed by atoms with E-state index in [2.05, 4.69) is 45.5 Å². The molecule has 34 heavy (non-hydrogen) atoms. The highest BCUT2D eigenvalue weighted by molar-refractivity contribution is 9.10. The van der Waals surface area contributed by atoms with Crippen molar-refractivity contribution in [1.82, 2.24) is 5.32 Å². The topological polar surface area (TPSA) is 58.6 Å². The fraction of sp³-hybridized carbons (Fsp3) is 0.0370. The minimum Gasteiger partial charge on any atom is -0.488 e. The number of nitrogens with zero attached hydrogens (tertiary/aromatic N) is 1. The Labute approximate surface area is 209 Å². The second-order valence-corrected chi connectivity index (χ2v) is 9.02. The molecule has 1 aliphatic heterocycles. The van der Waals surface area contributed by atoms with E-state index in [0.717, 1.165) is 25.9 Å². The summed E-state index contributed by atoms with van der Waals surface area (Å²) in [6.45, 7) is 0.420. The normalized spacial score (nSPS) is 14.6. The Morgan fingerprint density at radius 2 is 1.74 bits per heavy atom. The number of anilines is 1. The van der Waals surface area contributed by atoms with Crippen LogP contribution >= 0.6 is 27.5 Å². The molecule has 5 nitrogen and oxygen atoms in total. The van der Waals surface area contributed by atoms with E-state index in [1.54, 1.807) is 30.3 Å². The third-order valence-electron chi connectivity index (χ3n) is 5.47. The average Bonchev–Trinajstić information content (AvgIpc) is 3.11. The van der Waals surface area contributed by atoms with E-state index < -0.39 is 11.9 Å². The number of halogens is 2. The van der Waals surface area contributed by atoms with Crippen molar-refractivity contribution < 1.29 is 14.3 Å². The molecule has 0 radical (unpaired) electrons. The molecule has 4 aromatic carbocycles. The lowest BCUT2D eigenvalue weighted by molar-refractivity contribution is -0.113. The quantitative estimate of drug-likeness (QED) is 0.223. The molecule has 1 saturated heterocycles. The number of hydrogen-bond donors (Lipinski definition) is 1. The molecule has 1 fully saturated rings. The minimum atomic E-state index is -0.521. The first-order valence-electron chi connectivity index (χ1n) is 10.5. The van der Waals surface area contributed by atoms with Gasteiger partial charge in [-0.25, -0.2) is 9.69 Å². The summed E-state index contributed by atoms with van der Waals surface area (Å²) in [7, 11) is 0. The number of rotatable bonds is 5. The molecular formula is C27H18BrClN2O3. The van der Waals surface area contributed by atoms with Gasteiger partial charge in [0.25, 0.3) is 5.91 Å². The van der Waals surface area contributed by atoms with Gasteiger partial charge in [0, 0.05) is 5.02 Å². The van der Waals surface area contributed by atoms with Crippen LogP contribution in [0, 0.1) is 0 Å². The third kappa shape index (κ3) is 4.42. The molecule has 0 aliphatic carbocycles. The minimum absolute atomic E-state index is 0.182. The highest BCUT2D eigenvalue weighted by atomic mass is 79.9. The number of carbonyl (C=O) groups is 2. The van der Waals surface area contributed by atoms with Crippen LogP contribution in [0.5, 0.6) is 5.75 Å². The summed E-state index contributed by atoms with van der Waals surface area (Å²) < 4.78 is 6.80. The lowest BCUT2D eigenvalue weighted by Crippen LogP contribution is -2.30. The SMILES string of the molecule is O=C1N/C(=C/c2ccc(OCc3cccc4ccccc34)c(Br)c2)C(=O)N1c1cccc(Cl)c1. The van der Waals surface area contributed by atoms with Crippen LogP contribution in [0.4, 0.5) is 10.5 Å². The lowest BCUT2D eigenvalue weighted by Gasteiger charge is -2.12. The van der Waals surface area contributed by atoms with Crippen molar-refractivity contribution in [2.45, 2.75) is 6.61 Å². The van der Waals surface area contributed by atoms with E-state index >= 15 is 0 Å². The summed E-state index contributed by atoms with van der Waals surface area (Å²) in [6, 6.07) is 25.9. The Morgan fingerprint density at radius 3 is 2.56 bits per heavy atom. The van der Waals surface area contributed by atoms with Crippen molar-refractivity contribution in [2.24, 2.45) is 0 Å². The molecule has 3 amide bonds. The zero-order valence-corrected chi connectivity index (χ0v) is 20.1. The largest absolute Gasteiger partial charge is 0.488 e. The van der Waals surface area contributed by atoms with E-state index in [4.69, 9.17) is 16.3 Å². The molecule has 0 atom stereocenters. The number of urea groups is 1. The van der Waals surface area contributed by atoms with E-state index in [9.17, 15) is 9.59 Å². The van der Waals surface area contributed by atoms with Gasteiger partial charge in [-0.15, -0.1) is 0 Å². The van der Waals surface area contributed by atoms with Crippen LogP contribution < -0.4 is 15.0 Å². The predicted octanol–water partition coefficient (Wildman–Crippen LogP) is 6.93. The molecule has 0 bridgehead atoms. The number of ether oxygens (including phenoxy) is 1. The van der Waals surface area contributed by atoms with E-state index in [1.165, 1.54) is 5.39 Å². The number of carbonyl (C=O) groups excluding carboxylic acids is 2. The average molecular weight is 534 g/mol. The van der Waals surface area contributed by atoms with Gasteiger partial charge in [-0.05, 0) is 74.2 Å². The molecule has 1 N–H and O–H groups in total. The second-order valence-electron chi connectivity index (χ2n) is 7.73. The van der Waals surface area contributed by atoms with Crippen molar-refractivity contribution in [2.75, 3.05) is 4.90 Å². The van der Waals surface area contributed by atoms with Crippen molar-refractivity contribution in [3.8, 4) is 5.75 Å². The zero-order valence-electron chi connectivity index (χ0n) is 17.8. The Hall–Kier alpha value is -3.61. The highest BCUT2D eigenvalue weighted by Crippen LogP contribution is 2.30. The number of benzene rings is 4. The molecule has 1 heterocycles. The molecule has 0 aromatic heterocycles. The molecule has 7 heteroatoms. The van der Waals surface area contributed by atoms with Crippen LogP contribution in [-0.2, 0) is 11.4 Å². The fourth-order valence-corrected chi connectivity index (χ4v) is 4.54. The van der Waals surface area contributed by atoms with Gasteiger partial charge in [0.15, 0.2) is 0 Å². The molecule has 0 unspecified atom stereocenters. The molecule has 168 valence electrons. The summed E-state index contributed by atoms with van der Waals surface area (Å²) >= 11 is 9.56. The maximum atomic E-state index is 12.8. The standard InChI is InChI=1S/C27H18BrClN2O3/c28-23-13-17(14-24-26(32)31(27(33)30-24)21-9-4-8-20(29)15-21)11-12-25(23)34-16-19-7-3-6-18-5-1-2-10-22(18)19/h1-15H,16H2,(H,30,33)/b24-14+. The molecule has 5 rings (SSSR count). The van der Waals surface area contributed by atoms with Gasteiger partial charge in [0.2, 0.25) is 0 Å². The first kappa shape index (κ1) is 22.2. The Balaban J connectivity index is 1.34. The first-order chi connectivity index (χ1) is 16.5. The van der Waals surface area contributed by atoms with Crippen LogP contribution in [0.1, 0.15) is 11.1 Å². The Kier molecular flexibility index (Phi) is 6.09. The van der Waals surface area contributed by atoms with Crippen molar-refractivity contribution >= 4 is 62.0 Å². The number of imide groups is 1. The molecular weight excluding hydrogens is 516 g/mol. The lowest BCUT2D eigenvalue weighted by atomic mass is 10.1. The summed E-state index contributed by atoms with van der Waals surface area (Å²) in [5, 5.41) is 5.39. The van der Waals surface area contributed by atoms with E-state index in [0.29, 0.717) is 23.1 Å². The summed E-state index contributed by atoms with van der Waals surface area (Å²) in [5.74, 6) is 0.233.